The number of nitrogens with zero attached hydrogens (tertiary/aromatic N) is 3. The number of rotatable bonds is 1. The van der Waals surface area contributed by atoms with Gasteiger partial charge in [0.25, 0.3) is 0 Å². The molecule has 1 aliphatic rings. The second kappa shape index (κ2) is 4.62. The van der Waals surface area contributed by atoms with Crippen LogP contribution in [0.3, 0.4) is 0 Å². The fraction of sp³-hybridized carbons (Fsp3) is 0.357. The smallest absolute Gasteiger partial charge is 0.158 e. The second-order valence-electron chi connectivity index (χ2n) is 4.73. The first-order valence-electron chi connectivity index (χ1n) is 5.82. The van der Waals surface area contributed by atoms with E-state index in [9.17, 15) is 20.1 Å². The van der Waals surface area contributed by atoms with E-state index >= 15 is 0 Å². The van der Waals surface area contributed by atoms with E-state index in [0.717, 1.165) is 0 Å². The van der Waals surface area contributed by atoms with Crippen LogP contribution < -0.4 is 0 Å². The van der Waals surface area contributed by atoms with Crippen LogP contribution in [-0.2, 0) is 15.0 Å². The SMILES string of the molecule is CC1(c2ccccn2)C(C#N)C(=O)CC(=O)C1C#N. The van der Waals surface area contributed by atoms with Crippen molar-refractivity contribution in [1.82, 2.24) is 4.98 Å². The zero-order valence-electron chi connectivity index (χ0n) is 10.3. The molecule has 1 fully saturated rings. The lowest BCUT2D eigenvalue weighted by atomic mass is 9.59. The summed E-state index contributed by atoms with van der Waals surface area (Å²) in [5.41, 5.74) is -0.758. The van der Waals surface area contributed by atoms with Gasteiger partial charge in [0.1, 0.15) is 11.8 Å². The molecule has 0 spiro atoms. The topological polar surface area (TPSA) is 94.6 Å². The number of hydrogen-bond acceptors (Lipinski definition) is 5. The summed E-state index contributed by atoms with van der Waals surface area (Å²) < 4.78 is 0. The van der Waals surface area contributed by atoms with Gasteiger partial charge in [0, 0.05) is 11.9 Å². The molecule has 0 N–H and O–H groups in total. The Morgan fingerprint density at radius 2 is 1.79 bits per heavy atom. The standard InChI is InChI=1S/C14H11N3O2/c1-14(13-4-2-3-5-17-13)9(7-15)11(18)6-12(19)10(14)8-16/h2-5,9-10H,6H2,1H3. The molecule has 0 radical (unpaired) electrons. The molecule has 1 aliphatic carbocycles. The maximum Gasteiger partial charge on any atom is 0.158 e. The number of pyridine rings is 1. The van der Waals surface area contributed by atoms with E-state index < -0.39 is 28.8 Å². The van der Waals surface area contributed by atoms with Crippen LogP contribution in [0, 0.1) is 34.5 Å². The van der Waals surface area contributed by atoms with Crippen molar-refractivity contribution in [2.75, 3.05) is 0 Å². The average molecular weight is 253 g/mol. The predicted molar refractivity (Wildman–Crippen MR) is 64.4 cm³/mol. The summed E-state index contributed by atoms with van der Waals surface area (Å²) in [5, 5.41) is 18.5. The summed E-state index contributed by atoms with van der Waals surface area (Å²) in [4.78, 5) is 27.9. The Morgan fingerprint density at radius 3 is 2.21 bits per heavy atom. The molecule has 2 atom stereocenters. The van der Waals surface area contributed by atoms with Crippen molar-refractivity contribution in [1.29, 1.82) is 10.5 Å². The van der Waals surface area contributed by atoms with E-state index in [0.29, 0.717) is 5.69 Å². The molecule has 94 valence electrons. The monoisotopic (exact) mass is 253 g/mol. The molecule has 19 heavy (non-hydrogen) atoms. The van der Waals surface area contributed by atoms with Crippen molar-refractivity contribution in [3.8, 4) is 12.1 Å². The third-order valence-electron chi connectivity index (χ3n) is 3.67. The Kier molecular flexibility index (Phi) is 3.14. The van der Waals surface area contributed by atoms with Gasteiger partial charge in [-0.3, -0.25) is 14.6 Å². The Balaban J connectivity index is 2.65. The summed E-state index contributed by atoms with van der Waals surface area (Å²) >= 11 is 0. The number of nitriles is 2. The van der Waals surface area contributed by atoms with Crippen LogP contribution >= 0.6 is 0 Å². The first-order chi connectivity index (χ1) is 9.05. The van der Waals surface area contributed by atoms with E-state index in [2.05, 4.69) is 4.98 Å². The van der Waals surface area contributed by atoms with Gasteiger partial charge in [-0.15, -0.1) is 0 Å². The molecule has 0 aliphatic heterocycles. The fourth-order valence-corrected chi connectivity index (χ4v) is 2.60. The van der Waals surface area contributed by atoms with Crippen molar-refractivity contribution in [3.63, 3.8) is 0 Å². The van der Waals surface area contributed by atoms with Crippen LogP contribution in [0.25, 0.3) is 0 Å². The highest BCUT2D eigenvalue weighted by molar-refractivity contribution is 6.07. The Bertz CT molecular complexity index is 578. The molecule has 2 unspecified atom stereocenters. The summed E-state index contributed by atoms with van der Waals surface area (Å²) in [6.45, 7) is 1.59. The van der Waals surface area contributed by atoms with E-state index in [1.54, 1.807) is 25.1 Å². The summed E-state index contributed by atoms with van der Waals surface area (Å²) in [5.74, 6) is -2.92. The molecule has 0 bridgehead atoms. The van der Waals surface area contributed by atoms with Gasteiger partial charge in [-0.2, -0.15) is 10.5 Å². The third-order valence-corrected chi connectivity index (χ3v) is 3.67. The van der Waals surface area contributed by atoms with Crippen LogP contribution in [0.15, 0.2) is 24.4 Å². The van der Waals surface area contributed by atoms with E-state index in [1.807, 2.05) is 12.1 Å². The lowest BCUT2D eigenvalue weighted by Crippen LogP contribution is -2.51. The van der Waals surface area contributed by atoms with Gasteiger partial charge in [-0.05, 0) is 12.1 Å². The molecule has 0 amide bonds. The lowest BCUT2D eigenvalue weighted by molar-refractivity contribution is -0.137. The van der Waals surface area contributed by atoms with Crippen LogP contribution in [0.2, 0.25) is 0 Å². The van der Waals surface area contributed by atoms with E-state index in [4.69, 9.17) is 0 Å². The summed E-state index contributed by atoms with van der Waals surface area (Å²) in [7, 11) is 0. The molecule has 2 rings (SSSR count). The largest absolute Gasteiger partial charge is 0.298 e. The third kappa shape index (κ3) is 1.80. The zero-order valence-corrected chi connectivity index (χ0v) is 10.3. The molecule has 0 aromatic carbocycles. The predicted octanol–water partition coefficient (Wildman–Crippen LogP) is 1.16. The number of hydrogen-bond donors (Lipinski definition) is 0. The molecule has 1 saturated carbocycles. The fourth-order valence-electron chi connectivity index (χ4n) is 2.60. The van der Waals surface area contributed by atoms with Crippen LogP contribution in [0.4, 0.5) is 0 Å². The minimum Gasteiger partial charge on any atom is -0.298 e. The number of carbonyl (C=O) groups is 2. The molecular formula is C14H11N3O2. The highest BCUT2D eigenvalue weighted by Crippen LogP contribution is 2.43. The Morgan fingerprint density at radius 1 is 1.21 bits per heavy atom. The van der Waals surface area contributed by atoms with Crippen molar-refractivity contribution in [3.05, 3.63) is 30.1 Å². The molecule has 1 aromatic heterocycles. The van der Waals surface area contributed by atoms with Crippen LogP contribution in [0.1, 0.15) is 19.0 Å². The number of ketones is 2. The molecule has 1 aromatic rings. The lowest BCUT2D eigenvalue weighted by Gasteiger charge is -2.38. The van der Waals surface area contributed by atoms with Gasteiger partial charge in [-0.25, -0.2) is 0 Å². The van der Waals surface area contributed by atoms with Gasteiger partial charge in [0.15, 0.2) is 11.6 Å². The van der Waals surface area contributed by atoms with Gasteiger partial charge in [-0.1, -0.05) is 13.0 Å². The van der Waals surface area contributed by atoms with Crippen molar-refractivity contribution in [2.24, 2.45) is 11.8 Å². The molecule has 1 heterocycles. The summed E-state index contributed by atoms with van der Waals surface area (Å²) in [6, 6.07) is 8.91. The molecule has 5 heteroatoms. The van der Waals surface area contributed by atoms with Crippen molar-refractivity contribution >= 4 is 11.6 Å². The average Bonchev–Trinajstić information content (AvgIpc) is 2.40. The zero-order chi connectivity index (χ0) is 14.0. The van der Waals surface area contributed by atoms with Gasteiger partial charge >= 0.3 is 0 Å². The first kappa shape index (κ1) is 12.9. The van der Waals surface area contributed by atoms with E-state index in [-0.39, 0.29) is 6.42 Å². The minimum absolute atomic E-state index is 0.348. The normalized spacial score (nSPS) is 30.5. The number of Topliss-reactive ketones (excluding diaryl/α,β-unsaturated/α-hetero) is 2. The maximum atomic E-state index is 11.9. The molecular weight excluding hydrogens is 242 g/mol. The number of carbonyl (C=O) groups excluding carboxylic acids is 2. The minimum atomic E-state index is -1.18. The van der Waals surface area contributed by atoms with Crippen molar-refractivity contribution < 1.29 is 9.59 Å². The van der Waals surface area contributed by atoms with Gasteiger partial charge in [0.2, 0.25) is 0 Å². The Labute approximate surface area is 110 Å². The highest BCUT2D eigenvalue weighted by atomic mass is 16.2. The van der Waals surface area contributed by atoms with Gasteiger partial charge in [0.05, 0.1) is 24.0 Å². The highest BCUT2D eigenvalue weighted by Gasteiger charge is 2.54. The molecule has 5 nitrogen and oxygen atoms in total. The summed E-state index contributed by atoms with van der Waals surface area (Å²) in [6.07, 6.45) is 1.17. The van der Waals surface area contributed by atoms with Crippen LogP contribution in [0.5, 0.6) is 0 Å². The van der Waals surface area contributed by atoms with Crippen LogP contribution in [-0.4, -0.2) is 16.6 Å². The van der Waals surface area contributed by atoms with Crippen molar-refractivity contribution in [2.45, 2.75) is 18.8 Å². The maximum absolute atomic E-state index is 11.9. The van der Waals surface area contributed by atoms with E-state index in [1.165, 1.54) is 6.20 Å². The molecule has 0 saturated heterocycles. The second-order valence-corrected chi connectivity index (χ2v) is 4.73. The van der Waals surface area contributed by atoms with Gasteiger partial charge < -0.3 is 0 Å². The number of aromatic nitrogens is 1. The Hall–Kier alpha value is -2.53. The first-order valence-corrected chi connectivity index (χ1v) is 5.82. The quantitative estimate of drug-likeness (QED) is 0.700.